The Kier molecular flexibility index (Phi) is 5.88. The summed E-state index contributed by atoms with van der Waals surface area (Å²) in [5, 5.41) is 3.07. The third-order valence-corrected chi connectivity index (χ3v) is 1.20. The van der Waals surface area contributed by atoms with E-state index in [1.165, 1.54) is 5.57 Å². The van der Waals surface area contributed by atoms with E-state index in [-0.39, 0.29) is 6.29 Å². The van der Waals surface area contributed by atoms with Crippen LogP contribution in [0.15, 0.2) is 11.8 Å². The molecular weight excluding hydrogens is 142 g/mol. The van der Waals surface area contributed by atoms with E-state index >= 15 is 0 Å². The molecule has 3 heteroatoms. The van der Waals surface area contributed by atoms with E-state index in [0.717, 1.165) is 0 Å². The third-order valence-electron chi connectivity index (χ3n) is 1.20. The molecule has 0 unspecified atom stereocenters. The molecule has 0 heterocycles. The van der Waals surface area contributed by atoms with Crippen LogP contribution in [0.1, 0.15) is 13.8 Å². The Labute approximate surface area is 68.4 Å². The van der Waals surface area contributed by atoms with Crippen LogP contribution in [0.4, 0.5) is 0 Å². The van der Waals surface area contributed by atoms with E-state index in [1.54, 1.807) is 14.2 Å². The first kappa shape index (κ1) is 10.5. The second-order valence-electron chi connectivity index (χ2n) is 2.53. The topological polar surface area (TPSA) is 30.5 Å². The van der Waals surface area contributed by atoms with Crippen molar-refractivity contribution < 1.29 is 9.47 Å². The molecule has 0 rings (SSSR count). The van der Waals surface area contributed by atoms with Crippen LogP contribution in [0.3, 0.4) is 0 Å². The van der Waals surface area contributed by atoms with Crippen LogP contribution in [0.25, 0.3) is 0 Å². The second-order valence-corrected chi connectivity index (χ2v) is 2.53. The smallest absolute Gasteiger partial charge is 0.173 e. The lowest BCUT2D eigenvalue weighted by molar-refractivity contribution is -0.0972. The minimum atomic E-state index is -0.161. The van der Waals surface area contributed by atoms with Crippen molar-refractivity contribution in [3.63, 3.8) is 0 Å². The van der Waals surface area contributed by atoms with Gasteiger partial charge in [-0.25, -0.2) is 0 Å². The lowest BCUT2D eigenvalue weighted by Crippen LogP contribution is -2.26. The van der Waals surface area contributed by atoms with Gasteiger partial charge in [0.1, 0.15) is 0 Å². The molecule has 0 aliphatic rings. The van der Waals surface area contributed by atoms with E-state index < -0.39 is 0 Å². The van der Waals surface area contributed by atoms with Gasteiger partial charge in [-0.2, -0.15) is 0 Å². The fourth-order valence-corrected chi connectivity index (χ4v) is 0.622. The first-order chi connectivity index (χ1) is 5.20. The van der Waals surface area contributed by atoms with Crippen molar-refractivity contribution in [2.75, 3.05) is 20.8 Å². The lowest BCUT2D eigenvalue weighted by Gasteiger charge is -2.12. The summed E-state index contributed by atoms with van der Waals surface area (Å²) in [5.74, 6) is 0. The van der Waals surface area contributed by atoms with Crippen molar-refractivity contribution in [3.8, 4) is 0 Å². The van der Waals surface area contributed by atoms with Crippen molar-refractivity contribution in [3.05, 3.63) is 11.8 Å². The summed E-state index contributed by atoms with van der Waals surface area (Å²) in [6.45, 7) is 4.74. The number of hydrogen-bond acceptors (Lipinski definition) is 3. The van der Waals surface area contributed by atoms with Gasteiger partial charge in [-0.1, -0.05) is 5.57 Å². The number of rotatable bonds is 5. The lowest BCUT2D eigenvalue weighted by atomic mass is 10.4. The van der Waals surface area contributed by atoms with Crippen LogP contribution >= 0.6 is 0 Å². The number of nitrogens with one attached hydrogen (secondary N) is 1. The Bertz CT molecular complexity index is 115. The molecule has 0 aromatic carbocycles. The standard InChI is InChI=1S/C8H17NO2/c1-7(2)5-9-6-8(10-3)11-4/h5,8-9H,6H2,1-4H3. The van der Waals surface area contributed by atoms with Gasteiger partial charge < -0.3 is 14.8 Å². The largest absolute Gasteiger partial charge is 0.386 e. The second kappa shape index (κ2) is 6.19. The molecule has 0 saturated heterocycles. The Balaban J connectivity index is 3.43. The Morgan fingerprint density at radius 3 is 2.27 bits per heavy atom. The molecule has 0 radical (unpaired) electrons. The van der Waals surface area contributed by atoms with Crippen molar-refractivity contribution in [1.82, 2.24) is 5.32 Å². The maximum absolute atomic E-state index is 4.97. The molecule has 11 heavy (non-hydrogen) atoms. The van der Waals surface area contributed by atoms with Gasteiger partial charge in [0.15, 0.2) is 6.29 Å². The molecule has 1 N–H and O–H groups in total. The van der Waals surface area contributed by atoms with Crippen LogP contribution in [0.5, 0.6) is 0 Å². The van der Waals surface area contributed by atoms with Crippen LogP contribution in [0.2, 0.25) is 0 Å². The molecule has 0 aromatic rings. The molecule has 0 spiro atoms. The first-order valence-electron chi connectivity index (χ1n) is 3.63. The average Bonchev–Trinajstić information content (AvgIpc) is 1.98. The molecule has 0 saturated carbocycles. The van der Waals surface area contributed by atoms with Crippen molar-refractivity contribution in [2.45, 2.75) is 20.1 Å². The van der Waals surface area contributed by atoms with Gasteiger partial charge in [-0.05, 0) is 20.0 Å². The minimum Gasteiger partial charge on any atom is -0.386 e. The summed E-state index contributed by atoms with van der Waals surface area (Å²) >= 11 is 0. The van der Waals surface area contributed by atoms with E-state index in [4.69, 9.17) is 9.47 Å². The summed E-state index contributed by atoms with van der Waals surface area (Å²) < 4.78 is 9.93. The highest BCUT2D eigenvalue weighted by Gasteiger charge is 2.00. The number of allylic oxidation sites excluding steroid dienone is 1. The van der Waals surface area contributed by atoms with Crippen molar-refractivity contribution in [2.24, 2.45) is 0 Å². The molecule has 0 bridgehead atoms. The Hall–Kier alpha value is -0.540. The zero-order valence-electron chi connectivity index (χ0n) is 7.68. The molecule has 0 aliphatic carbocycles. The van der Waals surface area contributed by atoms with Crippen molar-refractivity contribution in [1.29, 1.82) is 0 Å². The monoisotopic (exact) mass is 159 g/mol. The number of methoxy groups -OCH3 is 2. The predicted molar refractivity (Wildman–Crippen MR) is 45.2 cm³/mol. The number of hydrogen-bond donors (Lipinski definition) is 1. The molecule has 0 atom stereocenters. The summed E-state index contributed by atoms with van der Waals surface area (Å²) in [6.07, 6.45) is 1.77. The molecule has 0 aromatic heterocycles. The highest BCUT2D eigenvalue weighted by Crippen LogP contribution is 1.89. The summed E-state index contributed by atoms with van der Waals surface area (Å²) in [7, 11) is 3.25. The van der Waals surface area contributed by atoms with Gasteiger partial charge in [0.25, 0.3) is 0 Å². The van der Waals surface area contributed by atoms with Gasteiger partial charge in [0, 0.05) is 14.2 Å². The zero-order chi connectivity index (χ0) is 8.69. The maximum atomic E-state index is 4.97. The summed E-state index contributed by atoms with van der Waals surface area (Å²) in [5.41, 5.74) is 1.23. The van der Waals surface area contributed by atoms with Crippen molar-refractivity contribution >= 4 is 0 Å². The summed E-state index contributed by atoms with van der Waals surface area (Å²) in [6, 6.07) is 0. The van der Waals surface area contributed by atoms with Gasteiger partial charge in [0.2, 0.25) is 0 Å². The third kappa shape index (κ3) is 5.88. The molecule has 0 aliphatic heterocycles. The molecule has 0 amide bonds. The highest BCUT2D eigenvalue weighted by atomic mass is 16.7. The van der Waals surface area contributed by atoms with E-state index in [1.807, 2.05) is 20.0 Å². The van der Waals surface area contributed by atoms with Crippen LogP contribution in [-0.2, 0) is 9.47 Å². The minimum absolute atomic E-state index is 0.161. The zero-order valence-corrected chi connectivity index (χ0v) is 7.68. The molecule has 0 fully saturated rings. The first-order valence-corrected chi connectivity index (χ1v) is 3.63. The fraction of sp³-hybridized carbons (Fsp3) is 0.750. The maximum Gasteiger partial charge on any atom is 0.173 e. The van der Waals surface area contributed by atoms with E-state index in [2.05, 4.69) is 5.32 Å². The Morgan fingerprint density at radius 2 is 1.91 bits per heavy atom. The van der Waals surface area contributed by atoms with E-state index in [0.29, 0.717) is 6.54 Å². The molecule has 3 nitrogen and oxygen atoms in total. The highest BCUT2D eigenvalue weighted by molar-refractivity contribution is 4.90. The quantitative estimate of drug-likeness (QED) is 0.610. The predicted octanol–water partition coefficient (Wildman–Crippen LogP) is 1.12. The van der Waals surface area contributed by atoms with Gasteiger partial charge in [-0.15, -0.1) is 0 Å². The fourth-order valence-electron chi connectivity index (χ4n) is 0.622. The van der Waals surface area contributed by atoms with Crippen LogP contribution in [0, 0.1) is 0 Å². The van der Waals surface area contributed by atoms with Gasteiger partial charge >= 0.3 is 0 Å². The van der Waals surface area contributed by atoms with Crippen LogP contribution < -0.4 is 5.32 Å². The number of ether oxygens (including phenoxy) is 2. The molecule has 66 valence electrons. The van der Waals surface area contributed by atoms with E-state index in [9.17, 15) is 0 Å². The van der Waals surface area contributed by atoms with Gasteiger partial charge in [0.05, 0.1) is 6.54 Å². The van der Waals surface area contributed by atoms with Gasteiger partial charge in [-0.3, -0.25) is 0 Å². The van der Waals surface area contributed by atoms with Crippen LogP contribution in [-0.4, -0.2) is 27.1 Å². The summed E-state index contributed by atoms with van der Waals surface area (Å²) in [4.78, 5) is 0. The SMILES string of the molecule is COC(CNC=C(C)C)OC. The normalized spacial score (nSPS) is 9.91. The Morgan fingerprint density at radius 1 is 1.36 bits per heavy atom. The average molecular weight is 159 g/mol. The molecular formula is C8H17NO2.